The predicted molar refractivity (Wildman–Crippen MR) is 53.2 cm³/mol. The molecule has 0 saturated carbocycles. The van der Waals surface area contributed by atoms with Gasteiger partial charge < -0.3 is 4.79 Å². The summed E-state index contributed by atoms with van der Waals surface area (Å²) in [5.74, 6) is 0. The quantitative estimate of drug-likeness (QED) is 0.421. The van der Waals surface area contributed by atoms with E-state index in [0.717, 1.165) is 25.5 Å². The zero-order valence-corrected chi connectivity index (χ0v) is 8.73. The Labute approximate surface area is 76.6 Å². The highest BCUT2D eigenvalue weighted by Gasteiger charge is 2.21. The molecule has 0 unspecified atom stereocenters. The van der Waals surface area contributed by atoms with E-state index in [1.165, 1.54) is 19.3 Å². The Hall–Kier alpha value is -0.330. The molecule has 0 N–H and O–H groups in total. The fourth-order valence-corrected chi connectivity index (χ4v) is 1.59. The van der Waals surface area contributed by atoms with E-state index in [1.54, 1.807) is 0 Å². The van der Waals surface area contributed by atoms with Gasteiger partial charge in [0.05, 0.1) is 0 Å². The Bertz CT molecular complexity index is 120. The summed E-state index contributed by atoms with van der Waals surface area (Å²) in [6.07, 6.45) is 8.06. The van der Waals surface area contributed by atoms with E-state index in [9.17, 15) is 4.79 Å². The fourth-order valence-electron chi connectivity index (χ4n) is 1.59. The van der Waals surface area contributed by atoms with Crippen molar-refractivity contribution in [2.75, 3.05) is 0 Å². The first kappa shape index (κ1) is 11.7. The monoisotopic (exact) mass is 170 g/mol. The number of hydrogen-bond acceptors (Lipinski definition) is 1. The minimum Gasteiger partial charge on any atom is -0.303 e. The Morgan fingerprint density at radius 2 is 1.75 bits per heavy atom. The standard InChI is InChI=1S/C11H22O/c1-4-6-7-9-11(3,10-12)8-5-2/h10H,4-9H2,1-3H3/t11-/m1/s1. The van der Waals surface area contributed by atoms with E-state index in [-0.39, 0.29) is 5.41 Å². The van der Waals surface area contributed by atoms with Gasteiger partial charge in [0, 0.05) is 5.41 Å². The summed E-state index contributed by atoms with van der Waals surface area (Å²) in [5, 5.41) is 0. The second-order valence-electron chi connectivity index (χ2n) is 3.98. The van der Waals surface area contributed by atoms with Crippen LogP contribution in [-0.4, -0.2) is 6.29 Å². The highest BCUT2D eigenvalue weighted by atomic mass is 16.1. The summed E-state index contributed by atoms with van der Waals surface area (Å²) >= 11 is 0. The molecule has 1 nitrogen and oxygen atoms in total. The van der Waals surface area contributed by atoms with Crippen molar-refractivity contribution < 1.29 is 4.79 Å². The first-order valence-corrected chi connectivity index (χ1v) is 5.15. The smallest absolute Gasteiger partial charge is 0.125 e. The topological polar surface area (TPSA) is 17.1 Å². The molecule has 0 aliphatic rings. The Morgan fingerprint density at radius 3 is 2.17 bits per heavy atom. The van der Waals surface area contributed by atoms with E-state index in [0.29, 0.717) is 0 Å². The second kappa shape index (κ2) is 6.22. The van der Waals surface area contributed by atoms with Gasteiger partial charge in [0.25, 0.3) is 0 Å². The van der Waals surface area contributed by atoms with Crippen LogP contribution in [0.2, 0.25) is 0 Å². The van der Waals surface area contributed by atoms with Crippen molar-refractivity contribution in [1.29, 1.82) is 0 Å². The predicted octanol–water partition coefficient (Wildman–Crippen LogP) is 3.57. The van der Waals surface area contributed by atoms with Crippen LogP contribution in [0.1, 0.15) is 59.3 Å². The van der Waals surface area contributed by atoms with E-state index in [4.69, 9.17) is 0 Å². The van der Waals surface area contributed by atoms with Crippen molar-refractivity contribution in [2.24, 2.45) is 5.41 Å². The molecule has 0 saturated heterocycles. The van der Waals surface area contributed by atoms with Crippen molar-refractivity contribution in [3.05, 3.63) is 0 Å². The van der Waals surface area contributed by atoms with Crippen LogP contribution >= 0.6 is 0 Å². The number of carbonyl (C=O) groups excluding carboxylic acids is 1. The SMILES string of the molecule is CCCCC[C@](C)(C=O)CCC. The van der Waals surface area contributed by atoms with Crippen LogP contribution in [0, 0.1) is 5.41 Å². The molecule has 12 heavy (non-hydrogen) atoms. The summed E-state index contributed by atoms with van der Waals surface area (Å²) in [6, 6.07) is 0. The van der Waals surface area contributed by atoms with Gasteiger partial charge >= 0.3 is 0 Å². The van der Waals surface area contributed by atoms with Gasteiger partial charge in [0.1, 0.15) is 6.29 Å². The lowest BCUT2D eigenvalue weighted by atomic mass is 9.82. The number of aldehydes is 1. The number of rotatable bonds is 7. The average molecular weight is 170 g/mol. The van der Waals surface area contributed by atoms with E-state index >= 15 is 0 Å². The van der Waals surface area contributed by atoms with E-state index in [2.05, 4.69) is 20.8 Å². The van der Waals surface area contributed by atoms with Gasteiger partial charge in [-0.1, -0.05) is 46.5 Å². The highest BCUT2D eigenvalue weighted by Crippen LogP contribution is 2.27. The van der Waals surface area contributed by atoms with Crippen molar-refractivity contribution in [1.82, 2.24) is 0 Å². The van der Waals surface area contributed by atoms with E-state index < -0.39 is 0 Å². The summed E-state index contributed by atoms with van der Waals surface area (Å²) in [6.45, 7) is 6.42. The Balaban J connectivity index is 3.71. The zero-order chi connectivity index (χ0) is 9.45. The largest absolute Gasteiger partial charge is 0.303 e. The minimum absolute atomic E-state index is 0.0378. The molecule has 0 aromatic carbocycles. The lowest BCUT2D eigenvalue weighted by Crippen LogP contribution is -2.17. The molecule has 0 amide bonds. The van der Waals surface area contributed by atoms with Gasteiger partial charge in [-0.2, -0.15) is 0 Å². The fraction of sp³-hybridized carbons (Fsp3) is 0.909. The molecule has 0 aliphatic carbocycles. The van der Waals surface area contributed by atoms with Gasteiger partial charge in [0.15, 0.2) is 0 Å². The summed E-state index contributed by atoms with van der Waals surface area (Å²) < 4.78 is 0. The second-order valence-corrected chi connectivity index (χ2v) is 3.98. The molecule has 72 valence electrons. The molecule has 0 spiro atoms. The molecule has 0 heterocycles. The first-order valence-electron chi connectivity index (χ1n) is 5.15. The maximum absolute atomic E-state index is 10.8. The molecule has 0 aromatic rings. The summed E-state index contributed by atoms with van der Waals surface area (Å²) in [7, 11) is 0. The van der Waals surface area contributed by atoms with Crippen molar-refractivity contribution in [3.8, 4) is 0 Å². The minimum atomic E-state index is -0.0378. The Morgan fingerprint density at radius 1 is 1.08 bits per heavy atom. The van der Waals surface area contributed by atoms with Crippen LogP contribution in [0.3, 0.4) is 0 Å². The summed E-state index contributed by atoms with van der Waals surface area (Å²) in [4.78, 5) is 10.8. The van der Waals surface area contributed by atoms with Crippen molar-refractivity contribution in [2.45, 2.75) is 59.3 Å². The van der Waals surface area contributed by atoms with Gasteiger partial charge in [-0.05, 0) is 12.8 Å². The lowest BCUT2D eigenvalue weighted by Gasteiger charge is -2.21. The molecular weight excluding hydrogens is 148 g/mol. The lowest BCUT2D eigenvalue weighted by molar-refractivity contribution is -0.116. The molecule has 0 aliphatic heterocycles. The molecule has 1 heteroatoms. The van der Waals surface area contributed by atoms with Crippen LogP contribution < -0.4 is 0 Å². The maximum atomic E-state index is 10.8. The third-order valence-corrected chi connectivity index (χ3v) is 2.46. The summed E-state index contributed by atoms with van der Waals surface area (Å²) in [5.41, 5.74) is -0.0378. The molecule has 0 rings (SSSR count). The normalized spacial score (nSPS) is 15.6. The maximum Gasteiger partial charge on any atom is 0.125 e. The average Bonchev–Trinajstić information content (AvgIpc) is 2.06. The van der Waals surface area contributed by atoms with Crippen LogP contribution in [0.5, 0.6) is 0 Å². The number of carbonyl (C=O) groups is 1. The van der Waals surface area contributed by atoms with Crippen LogP contribution in [0.25, 0.3) is 0 Å². The van der Waals surface area contributed by atoms with E-state index in [1.807, 2.05) is 0 Å². The first-order chi connectivity index (χ1) is 5.68. The third-order valence-electron chi connectivity index (χ3n) is 2.46. The van der Waals surface area contributed by atoms with Crippen LogP contribution in [-0.2, 0) is 4.79 Å². The van der Waals surface area contributed by atoms with Crippen LogP contribution in [0.4, 0.5) is 0 Å². The highest BCUT2D eigenvalue weighted by molar-refractivity contribution is 5.58. The zero-order valence-electron chi connectivity index (χ0n) is 8.73. The number of hydrogen-bond donors (Lipinski definition) is 0. The van der Waals surface area contributed by atoms with Crippen molar-refractivity contribution in [3.63, 3.8) is 0 Å². The van der Waals surface area contributed by atoms with Gasteiger partial charge in [-0.15, -0.1) is 0 Å². The third kappa shape index (κ3) is 4.53. The molecule has 0 aromatic heterocycles. The number of unbranched alkanes of at least 4 members (excludes halogenated alkanes) is 2. The molecule has 0 bridgehead atoms. The van der Waals surface area contributed by atoms with Gasteiger partial charge in [0.2, 0.25) is 0 Å². The molecule has 1 atom stereocenters. The van der Waals surface area contributed by atoms with Crippen LogP contribution in [0.15, 0.2) is 0 Å². The van der Waals surface area contributed by atoms with Gasteiger partial charge in [-0.25, -0.2) is 0 Å². The Kier molecular flexibility index (Phi) is 6.04. The molecule has 0 radical (unpaired) electrons. The molecular formula is C11H22O. The van der Waals surface area contributed by atoms with Crippen molar-refractivity contribution >= 4 is 6.29 Å². The molecule has 0 fully saturated rings. The van der Waals surface area contributed by atoms with Gasteiger partial charge in [-0.3, -0.25) is 0 Å².